The van der Waals surface area contributed by atoms with Crippen LogP contribution in [0.5, 0.6) is 0 Å². The van der Waals surface area contributed by atoms with Crippen molar-refractivity contribution >= 4 is 12.0 Å². The van der Waals surface area contributed by atoms with Gasteiger partial charge in [0, 0.05) is 0 Å². The maximum Gasteiger partial charge on any atom is 0.314 e. The van der Waals surface area contributed by atoms with E-state index in [0.29, 0.717) is 6.42 Å². The van der Waals surface area contributed by atoms with Crippen LogP contribution in [0.25, 0.3) is 17.2 Å². The molecule has 2 heteroatoms. The lowest BCUT2D eigenvalue weighted by atomic mass is 9.91. The fourth-order valence-corrected chi connectivity index (χ4v) is 3.60. The minimum atomic E-state index is -0.791. The van der Waals surface area contributed by atoms with Crippen LogP contribution in [-0.2, 0) is 10.2 Å². The fraction of sp³-hybridized carbons (Fsp3) is 0.125. The lowest BCUT2D eigenvalue weighted by molar-refractivity contribution is -0.140. The molecule has 1 aliphatic rings. The summed E-state index contributed by atoms with van der Waals surface area (Å²) in [6.45, 7) is 0. The van der Waals surface area contributed by atoms with Gasteiger partial charge in [0.2, 0.25) is 0 Å². The van der Waals surface area contributed by atoms with Gasteiger partial charge >= 0.3 is 5.97 Å². The molecule has 2 nitrogen and oxygen atoms in total. The first-order valence-electron chi connectivity index (χ1n) is 8.83. The van der Waals surface area contributed by atoms with Crippen LogP contribution in [0.3, 0.4) is 0 Å². The van der Waals surface area contributed by atoms with Crippen molar-refractivity contribution in [3.05, 3.63) is 102 Å². The molecule has 0 bridgehead atoms. The monoisotopic (exact) mass is 340 g/mol. The summed E-state index contributed by atoms with van der Waals surface area (Å²) < 4.78 is 0. The van der Waals surface area contributed by atoms with Crippen LogP contribution in [0.15, 0.2) is 91.0 Å². The van der Waals surface area contributed by atoms with Crippen molar-refractivity contribution < 1.29 is 9.90 Å². The number of allylic oxidation sites excluding steroid dienone is 1. The molecule has 0 amide bonds. The summed E-state index contributed by atoms with van der Waals surface area (Å²) in [5, 5.41) is 9.88. The van der Waals surface area contributed by atoms with Gasteiger partial charge in [-0.15, -0.1) is 0 Å². The van der Waals surface area contributed by atoms with Crippen molar-refractivity contribution in [2.45, 2.75) is 11.8 Å². The molecule has 1 N–H and O–H groups in total. The van der Waals surface area contributed by atoms with Crippen LogP contribution in [-0.4, -0.2) is 11.1 Å². The Morgan fingerprint density at radius 3 is 2.04 bits per heavy atom. The van der Waals surface area contributed by atoms with Crippen molar-refractivity contribution in [3.8, 4) is 11.1 Å². The maximum absolute atomic E-state index is 12.0. The molecule has 26 heavy (non-hydrogen) atoms. The number of carboxylic acids is 1. The number of carbonyl (C=O) groups is 1. The normalized spacial score (nSPS) is 21.6. The van der Waals surface area contributed by atoms with Gasteiger partial charge in [-0.3, -0.25) is 4.79 Å². The summed E-state index contributed by atoms with van der Waals surface area (Å²) in [5.74, 6) is -0.713. The molecular formula is C24H20O2. The Morgan fingerprint density at radius 1 is 0.846 bits per heavy atom. The van der Waals surface area contributed by atoms with E-state index in [1.54, 1.807) is 0 Å². The second kappa shape index (κ2) is 6.64. The standard InChI is InChI=1S/C24H20O2/c25-23(26)24(17-22(24)14-11-18-7-3-1-4-8-18)21-15-12-20(13-16-21)19-9-5-2-6-10-19/h1-16,22H,17H2,(H,25,26). The van der Waals surface area contributed by atoms with E-state index in [2.05, 4.69) is 12.1 Å². The SMILES string of the molecule is O=C(O)C1(c2ccc(-c3ccccc3)cc2)CC1C=Cc1ccccc1. The zero-order valence-corrected chi connectivity index (χ0v) is 14.4. The molecule has 3 aromatic carbocycles. The van der Waals surface area contributed by atoms with Crippen molar-refractivity contribution in [2.75, 3.05) is 0 Å². The highest BCUT2D eigenvalue weighted by molar-refractivity contribution is 5.87. The third-order valence-electron chi connectivity index (χ3n) is 5.22. The van der Waals surface area contributed by atoms with Gasteiger partial charge in [0.05, 0.1) is 5.41 Å². The van der Waals surface area contributed by atoms with Crippen molar-refractivity contribution in [1.82, 2.24) is 0 Å². The zero-order valence-electron chi connectivity index (χ0n) is 14.4. The first-order valence-corrected chi connectivity index (χ1v) is 8.83. The van der Waals surface area contributed by atoms with Gasteiger partial charge in [0.15, 0.2) is 0 Å². The van der Waals surface area contributed by atoms with Crippen LogP contribution < -0.4 is 0 Å². The Morgan fingerprint density at radius 2 is 1.42 bits per heavy atom. The molecular weight excluding hydrogens is 320 g/mol. The summed E-state index contributed by atoms with van der Waals surface area (Å²) >= 11 is 0. The first-order chi connectivity index (χ1) is 12.7. The molecule has 0 saturated heterocycles. The lowest BCUT2D eigenvalue weighted by Crippen LogP contribution is -2.22. The maximum atomic E-state index is 12.0. The van der Waals surface area contributed by atoms with Crippen LogP contribution in [0.4, 0.5) is 0 Å². The Hall–Kier alpha value is -3.13. The van der Waals surface area contributed by atoms with E-state index >= 15 is 0 Å². The average Bonchev–Trinajstić information content (AvgIpc) is 3.44. The minimum absolute atomic E-state index is 0.0304. The Labute approximate surface area is 153 Å². The van der Waals surface area contributed by atoms with Crippen LogP contribution in [0, 0.1) is 5.92 Å². The van der Waals surface area contributed by atoms with E-state index in [1.165, 1.54) is 0 Å². The molecule has 0 spiro atoms. The molecule has 128 valence electrons. The highest BCUT2D eigenvalue weighted by Gasteiger charge is 2.60. The molecule has 1 fully saturated rings. The molecule has 0 aromatic heterocycles. The highest BCUT2D eigenvalue weighted by Crippen LogP contribution is 2.55. The van der Waals surface area contributed by atoms with E-state index in [0.717, 1.165) is 22.3 Å². The fourth-order valence-electron chi connectivity index (χ4n) is 3.60. The van der Waals surface area contributed by atoms with E-state index in [9.17, 15) is 9.90 Å². The predicted octanol–water partition coefficient (Wildman–Crippen LogP) is 5.41. The Bertz CT molecular complexity index is 927. The molecule has 4 rings (SSSR count). The summed E-state index contributed by atoms with van der Waals surface area (Å²) in [4.78, 5) is 12.0. The van der Waals surface area contributed by atoms with Crippen LogP contribution >= 0.6 is 0 Å². The first kappa shape index (κ1) is 16.3. The van der Waals surface area contributed by atoms with Gasteiger partial charge in [-0.05, 0) is 34.6 Å². The Balaban J connectivity index is 1.58. The van der Waals surface area contributed by atoms with Gasteiger partial charge in [0.25, 0.3) is 0 Å². The van der Waals surface area contributed by atoms with Crippen molar-refractivity contribution in [1.29, 1.82) is 0 Å². The zero-order chi connectivity index (χ0) is 18.0. The summed E-state index contributed by atoms with van der Waals surface area (Å²) in [5.41, 5.74) is 3.43. The molecule has 1 saturated carbocycles. The third kappa shape index (κ3) is 2.95. The lowest BCUT2D eigenvalue weighted by Gasteiger charge is -2.13. The van der Waals surface area contributed by atoms with Gasteiger partial charge in [-0.2, -0.15) is 0 Å². The largest absolute Gasteiger partial charge is 0.481 e. The minimum Gasteiger partial charge on any atom is -0.481 e. The average molecular weight is 340 g/mol. The molecule has 2 unspecified atom stereocenters. The number of aliphatic carboxylic acids is 1. The molecule has 0 heterocycles. The summed E-state index contributed by atoms with van der Waals surface area (Å²) in [6, 6.07) is 28.1. The van der Waals surface area contributed by atoms with Gasteiger partial charge in [0.1, 0.15) is 0 Å². The van der Waals surface area contributed by atoms with Gasteiger partial charge < -0.3 is 5.11 Å². The van der Waals surface area contributed by atoms with E-state index in [4.69, 9.17) is 0 Å². The smallest absolute Gasteiger partial charge is 0.314 e. The number of hydrogen-bond donors (Lipinski definition) is 1. The quantitative estimate of drug-likeness (QED) is 0.674. The summed E-state index contributed by atoms with van der Waals surface area (Å²) in [7, 11) is 0. The van der Waals surface area contributed by atoms with Gasteiger partial charge in [-0.25, -0.2) is 0 Å². The number of benzene rings is 3. The van der Waals surface area contributed by atoms with Crippen LogP contribution in [0.1, 0.15) is 17.5 Å². The molecule has 0 aliphatic heterocycles. The second-order valence-corrected chi connectivity index (χ2v) is 6.80. The molecule has 0 radical (unpaired) electrons. The summed E-state index contributed by atoms with van der Waals surface area (Å²) in [6.07, 6.45) is 4.71. The van der Waals surface area contributed by atoms with Crippen molar-refractivity contribution in [3.63, 3.8) is 0 Å². The molecule has 3 aromatic rings. The predicted molar refractivity (Wildman–Crippen MR) is 105 cm³/mol. The third-order valence-corrected chi connectivity index (χ3v) is 5.22. The molecule has 2 atom stereocenters. The van der Waals surface area contributed by atoms with E-state index < -0.39 is 11.4 Å². The number of carboxylic acid groups (broad SMARTS) is 1. The number of hydrogen-bond acceptors (Lipinski definition) is 1. The van der Waals surface area contributed by atoms with E-state index in [-0.39, 0.29) is 5.92 Å². The van der Waals surface area contributed by atoms with Crippen LogP contribution in [0.2, 0.25) is 0 Å². The van der Waals surface area contributed by atoms with Gasteiger partial charge in [-0.1, -0.05) is 97.1 Å². The topological polar surface area (TPSA) is 37.3 Å². The molecule has 1 aliphatic carbocycles. The van der Waals surface area contributed by atoms with E-state index in [1.807, 2.05) is 84.9 Å². The Kier molecular flexibility index (Phi) is 4.18. The second-order valence-electron chi connectivity index (χ2n) is 6.80. The van der Waals surface area contributed by atoms with Crippen molar-refractivity contribution in [2.24, 2.45) is 5.92 Å². The number of rotatable bonds is 5. The highest BCUT2D eigenvalue weighted by atomic mass is 16.4.